The third-order valence-corrected chi connectivity index (χ3v) is 5.32. The third-order valence-electron chi connectivity index (χ3n) is 5.32. The average molecular weight is 287 g/mol. The zero-order valence-electron chi connectivity index (χ0n) is 13.7. The number of rotatable bonds is 3. The molecule has 2 nitrogen and oxygen atoms in total. The lowest BCUT2D eigenvalue weighted by molar-refractivity contribution is -0.0749. The molecular weight excluding hydrogens is 258 g/mol. The van der Waals surface area contributed by atoms with Crippen molar-refractivity contribution < 1.29 is 4.74 Å². The molecule has 2 heteroatoms. The molecule has 1 aromatic carbocycles. The first kappa shape index (κ1) is 15.1. The van der Waals surface area contributed by atoms with E-state index in [-0.39, 0.29) is 5.54 Å². The Kier molecular flexibility index (Phi) is 3.87. The zero-order valence-corrected chi connectivity index (χ0v) is 13.7. The summed E-state index contributed by atoms with van der Waals surface area (Å²) in [5.74, 6) is 0. The topological polar surface area (TPSA) is 21.3 Å². The molecule has 2 fully saturated rings. The fourth-order valence-corrected chi connectivity index (χ4v) is 4.20. The van der Waals surface area contributed by atoms with Gasteiger partial charge in [0.25, 0.3) is 0 Å². The van der Waals surface area contributed by atoms with Crippen LogP contribution in [0, 0.1) is 5.41 Å². The van der Waals surface area contributed by atoms with Crippen LogP contribution in [-0.2, 0) is 10.2 Å². The summed E-state index contributed by atoms with van der Waals surface area (Å²) < 4.78 is 5.57. The molecule has 1 N–H and O–H groups in total. The van der Waals surface area contributed by atoms with Gasteiger partial charge in [-0.2, -0.15) is 0 Å². The van der Waals surface area contributed by atoms with Gasteiger partial charge in [0, 0.05) is 30.7 Å². The lowest BCUT2D eigenvalue weighted by Crippen LogP contribution is -2.58. The van der Waals surface area contributed by atoms with E-state index in [9.17, 15) is 0 Å². The summed E-state index contributed by atoms with van der Waals surface area (Å²) in [5.41, 5.74) is 2.57. The highest BCUT2D eigenvalue weighted by Crippen LogP contribution is 2.60. The van der Waals surface area contributed by atoms with Crippen LogP contribution < -0.4 is 5.32 Å². The predicted molar refractivity (Wildman–Crippen MR) is 87.6 cm³/mol. The van der Waals surface area contributed by atoms with Crippen LogP contribution in [0.15, 0.2) is 30.3 Å². The number of nitrogens with one attached hydrogen (secondary N) is 1. The first-order valence-corrected chi connectivity index (χ1v) is 8.32. The summed E-state index contributed by atoms with van der Waals surface area (Å²) in [4.78, 5) is 0. The van der Waals surface area contributed by atoms with Gasteiger partial charge < -0.3 is 10.1 Å². The van der Waals surface area contributed by atoms with Crippen LogP contribution in [0.4, 0.5) is 0 Å². The summed E-state index contributed by atoms with van der Waals surface area (Å²) in [6.45, 7) is 9.77. The Hall–Kier alpha value is -0.860. The lowest BCUT2D eigenvalue weighted by atomic mass is 9.48. The Bertz CT molecular complexity index is 460. The molecule has 1 saturated heterocycles. The Morgan fingerprint density at radius 3 is 2.24 bits per heavy atom. The Morgan fingerprint density at radius 2 is 1.67 bits per heavy atom. The van der Waals surface area contributed by atoms with Gasteiger partial charge in [-0.15, -0.1) is 0 Å². The van der Waals surface area contributed by atoms with Crippen LogP contribution in [0.2, 0.25) is 0 Å². The van der Waals surface area contributed by atoms with Gasteiger partial charge >= 0.3 is 0 Å². The summed E-state index contributed by atoms with van der Waals surface area (Å²) in [5, 5.41) is 3.75. The summed E-state index contributed by atoms with van der Waals surface area (Å²) >= 11 is 0. The normalized spacial score (nSPS) is 23.8. The molecule has 2 aliphatic rings. The molecule has 0 radical (unpaired) electrons. The minimum absolute atomic E-state index is 0.181. The van der Waals surface area contributed by atoms with E-state index >= 15 is 0 Å². The van der Waals surface area contributed by atoms with Gasteiger partial charge in [-0.25, -0.2) is 0 Å². The number of hydrogen-bond acceptors (Lipinski definition) is 2. The number of ether oxygens (including phenoxy) is 1. The van der Waals surface area contributed by atoms with E-state index in [4.69, 9.17) is 4.74 Å². The highest BCUT2D eigenvalue weighted by Gasteiger charge is 2.55. The molecule has 3 rings (SSSR count). The molecule has 1 spiro atoms. The maximum Gasteiger partial charge on any atom is 0.0471 e. The van der Waals surface area contributed by atoms with Crippen molar-refractivity contribution in [2.24, 2.45) is 5.41 Å². The van der Waals surface area contributed by atoms with E-state index < -0.39 is 0 Å². The van der Waals surface area contributed by atoms with Crippen molar-refractivity contribution >= 4 is 0 Å². The molecule has 0 bridgehead atoms. The number of benzene rings is 1. The molecule has 0 atom stereocenters. The Balaban J connectivity index is 1.77. The minimum Gasteiger partial charge on any atom is -0.381 e. The smallest absolute Gasteiger partial charge is 0.0471 e. The van der Waals surface area contributed by atoms with Crippen LogP contribution in [-0.4, -0.2) is 25.3 Å². The van der Waals surface area contributed by atoms with E-state index in [1.807, 2.05) is 0 Å². The predicted octanol–water partition coefficient (Wildman–Crippen LogP) is 3.90. The van der Waals surface area contributed by atoms with Crippen LogP contribution in [0.1, 0.15) is 52.0 Å². The monoisotopic (exact) mass is 287 g/mol. The molecule has 1 heterocycles. The van der Waals surface area contributed by atoms with Crippen LogP contribution >= 0.6 is 0 Å². The maximum absolute atomic E-state index is 5.57. The molecule has 0 amide bonds. The highest BCUT2D eigenvalue weighted by atomic mass is 16.5. The van der Waals surface area contributed by atoms with Gasteiger partial charge in [0.1, 0.15) is 0 Å². The number of hydrogen-bond donors (Lipinski definition) is 1. The van der Waals surface area contributed by atoms with Crippen molar-refractivity contribution in [3.63, 3.8) is 0 Å². The van der Waals surface area contributed by atoms with Crippen molar-refractivity contribution in [2.75, 3.05) is 19.8 Å². The van der Waals surface area contributed by atoms with Crippen molar-refractivity contribution in [1.29, 1.82) is 0 Å². The molecule has 116 valence electrons. The van der Waals surface area contributed by atoms with E-state index in [1.165, 1.54) is 31.2 Å². The Morgan fingerprint density at radius 1 is 1.05 bits per heavy atom. The van der Waals surface area contributed by atoms with Crippen molar-refractivity contribution in [2.45, 2.75) is 57.4 Å². The zero-order chi connectivity index (χ0) is 15.0. The minimum atomic E-state index is 0.181. The quantitative estimate of drug-likeness (QED) is 0.910. The van der Waals surface area contributed by atoms with Gasteiger partial charge in [0.05, 0.1) is 0 Å². The highest BCUT2D eigenvalue weighted by molar-refractivity contribution is 5.31. The molecule has 1 saturated carbocycles. The molecule has 1 aromatic rings. The third kappa shape index (κ3) is 3.17. The van der Waals surface area contributed by atoms with Gasteiger partial charge in [-0.05, 0) is 57.4 Å². The van der Waals surface area contributed by atoms with E-state index in [2.05, 4.69) is 56.4 Å². The summed E-state index contributed by atoms with van der Waals surface area (Å²) in [7, 11) is 0. The Labute approximate surface area is 129 Å². The largest absolute Gasteiger partial charge is 0.381 e. The SMILES string of the molecule is CC(C)(C)NCC1(c2ccccc2)CC2(CCOCC2)C1. The fourth-order valence-electron chi connectivity index (χ4n) is 4.20. The maximum atomic E-state index is 5.57. The van der Waals surface area contributed by atoms with Gasteiger partial charge in [-0.3, -0.25) is 0 Å². The lowest BCUT2D eigenvalue weighted by Gasteiger charge is -2.59. The molecule has 1 aliphatic heterocycles. The van der Waals surface area contributed by atoms with Crippen LogP contribution in [0.5, 0.6) is 0 Å². The molecule has 0 unspecified atom stereocenters. The van der Waals surface area contributed by atoms with Gasteiger partial charge in [-0.1, -0.05) is 30.3 Å². The van der Waals surface area contributed by atoms with E-state index in [1.54, 1.807) is 0 Å². The molecule has 0 aromatic heterocycles. The summed E-state index contributed by atoms with van der Waals surface area (Å²) in [6.07, 6.45) is 5.13. The van der Waals surface area contributed by atoms with E-state index in [0.717, 1.165) is 19.8 Å². The molecule has 1 aliphatic carbocycles. The van der Waals surface area contributed by atoms with Gasteiger partial charge in [0.15, 0.2) is 0 Å². The first-order chi connectivity index (χ1) is 9.93. The van der Waals surface area contributed by atoms with Crippen molar-refractivity contribution in [3.05, 3.63) is 35.9 Å². The molecule has 21 heavy (non-hydrogen) atoms. The second-order valence-electron chi connectivity index (χ2n) is 8.22. The average Bonchev–Trinajstić information content (AvgIpc) is 2.44. The van der Waals surface area contributed by atoms with Gasteiger partial charge in [0.2, 0.25) is 0 Å². The van der Waals surface area contributed by atoms with Crippen LogP contribution in [0.3, 0.4) is 0 Å². The fraction of sp³-hybridized carbons (Fsp3) is 0.684. The van der Waals surface area contributed by atoms with Crippen LogP contribution in [0.25, 0.3) is 0 Å². The first-order valence-electron chi connectivity index (χ1n) is 8.32. The molecular formula is C19H29NO. The second-order valence-corrected chi connectivity index (χ2v) is 8.22. The summed E-state index contributed by atoms with van der Waals surface area (Å²) in [6, 6.07) is 11.1. The van der Waals surface area contributed by atoms with Crippen molar-refractivity contribution in [1.82, 2.24) is 5.32 Å². The van der Waals surface area contributed by atoms with E-state index in [0.29, 0.717) is 10.8 Å². The standard InChI is InChI=1S/C19H29NO/c1-17(2,3)20-15-19(16-7-5-4-6-8-16)13-18(14-19)9-11-21-12-10-18/h4-8,20H,9-15H2,1-3H3. The van der Waals surface area contributed by atoms with Crippen molar-refractivity contribution in [3.8, 4) is 0 Å². The second kappa shape index (κ2) is 5.40.